The maximum absolute atomic E-state index is 12.8. The predicted octanol–water partition coefficient (Wildman–Crippen LogP) is 1.84. The van der Waals surface area contributed by atoms with Crippen LogP contribution in [0.5, 0.6) is 0 Å². The summed E-state index contributed by atoms with van der Waals surface area (Å²) in [5, 5.41) is 3.11. The molecule has 4 nitrogen and oxygen atoms in total. The SMILES string of the molecule is CN[C@H]1CCCC2c3ccccc3C[C@@H](C(C)=O)N2C1=O. The van der Waals surface area contributed by atoms with Crippen molar-refractivity contribution in [3.05, 3.63) is 35.4 Å². The van der Waals surface area contributed by atoms with Crippen LogP contribution in [0.3, 0.4) is 0 Å². The summed E-state index contributed by atoms with van der Waals surface area (Å²) in [7, 11) is 1.82. The third-order valence-corrected chi connectivity index (χ3v) is 4.84. The van der Waals surface area contributed by atoms with Crippen molar-refractivity contribution in [1.29, 1.82) is 0 Å². The van der Waals surface area contributed by atoms with Gasteiger partial charge < -0.3 is 10.2 Å². The van der Waals surface area contributed by atoms with E-state index in [0.717, 1.165) is 19.3 Å². The number of carbonyl (C=O) groups is 2. The summed E-state index contributed by atoms with van der Waals surface area (Å²) in [5.74, 6) is 0.161. The maximum atomic E-state index is 12.8. The van der Waals surface area contributed by atoms with Crippen LogP contribution in [0.25, 0.3) is 0 Å². The highest BCUT2D eigenvalue weighted by Gasteiger charge is 2.42. The molecule has 4 heteroatoms. The number of hydrogen-bond donors (Lipinski definition) is 1. The summed E-state index contributed by atoms with van der Waals surface area (Å²) in [5.41, 5.74) is 2.44. The van der Waals surface area contributed by atoms with Crippen LogP contribution >= 0.6 is 0 Å². The summed E-state index contributed by atoms with van der Waals surface area (Å²) >= 11 is 0. The Morgan fingerprint density at radius 3 is 2.76 bits per heavy atom. The number of nitrogens with zero attached hydrogens (tertiary/aromatic N) is 1. The molecule has 112 valence electrons. The van der Waals surface area contributed by atoms with Gasteiger partial charge in [0.2, 0.25) is 5.91 Å². The lowest BCUT2D eigenvalue weighted by Crippen LogP contribution is -2.54. The fourth-order valence-corrected chi connectivity index (χ4v) is 3.75. The van der Waals surface area contributed by atoms with E-state index in [1.807, 2.05) is 24.1 Å². The van der Waals surface area contributed by atoms with Crippen molar-refractivity contribution in [2.45, 2.75) is 50.7 Å². The van der Waals surface area contributed by atoms with Gasteiger partial charge in [-0.25, -0.2) is 0 Å². The maximum Gasteiger partial charge on any atom is 0.240 e. The number of hydrogen-bond acceptors (Lipinski definition) is 3. The van der Waals surface area contributed by atoms with Crippen LogP contribution in [0.4, 0.5) is 0 Å². The van der Waals surface area contributed by atoms with Gasteiger partial charge in [0.15, 0.2) is 5.78 Å². The number of likely N-dealkylation sites (N-methyl/N-ethyl adjacent to an activating group) is 1. The van der Waals surface area contributed by atoms with Gasteiger partial charge in [-0.3, -0.25) is 9.59 Å². The van der Waals surface area contributed by atoms with E-state index in [-0.39, 0.29) is 29.8 Å². The number of amides is 1. The number of rotatable bonds is 2. The first-order chi connectivity index (χ1) is 10.1. The van der Waals surface area contributed by atoms with Crippen LogP contribution in [0.1, 0.15) is 43.4 Å². The molecule has 1 fully saturated rings. The van der Waals surface area contributed by atoms with E-state index >= 15 is 0 Å². The van der Waals surface area contributed by atoms with Gasteiger partial charge in [0.05, 0.1) is 18.1 Å². The Morgan fingerprint density at radius 1 is 1.29 bits per heavy atom. The molecule has 2 aliphatic rings. The lowest BCUT2D eigenvalue weighted by atomic mass is 9.85. The molecule has 0 radical (unpaired) electrons. The van der Waals surface area contributed by atoms with Crippen LogP contribution in [-0.4, -0.2) is 35.7 Å². The van der Waals surface area contributed by atoms with Gasteiger partial charge in [-0.15, -0.1) is 0 Å². The molecule has 0 aromatic heterocycles. The Labute approximate surface area is 125 Å². The molecule has 0 bridgehead atoms. The molecule has 0 aliphatic carbocycles. The molecule has 1 unspecified atom stereocenters. The molecule has 0 spiro atoms. The van der Waals surface area contributed by atoms with Crippen LogP contribution < -0.4 is 5.32 Å². The van der Waals surface area contributed by atoms with Crippen molar-refractivity contribution in [3.63, 3.8) is 0 Å². The number of carbonyl (C=O) groups excluding carboxylic acids is 2. The van der Waals surface area contributed by atoms with Gasteiger partial charge in [0.1, 0.15) is 0 Å². The molecule has 21 heavy (non-hydrogen) atoms. The highest BCUT2D eigenvalue weighted by molar-refractivity contribution is 5.91. The topological polar surface area (TPSA) is 49.4 Å². The minimum Gasteiger partial charge on any atom is -0.324 e. The summed E-state index contributed by atoms with van der Waals surface area (Å²) in [6, 6.07) is 7.81. The Hall–Kier alpha value is -1.68. The molecule has 1 N–H and O–H groups in total. The molecular formula is C17H22N2O2. The quantitative estimate of drug-likeness (QED) is 0.902. The van der Waals surface area contributed by atoms with Crippen LogP contribution in [-0.2, 0) is 16.0 Å². The van der Waals surface area contributed by atoms with Crippen LogP contribution in [0.15, 0.2) is 24.3 Å². The largest absolute Gasteiger partial charge is 0.324 e. The Kier molecular flexibility index (Phi) is 3.81. The molecule has 1 aromatic rings. The number of Topliss-reactive ketones (excluding diaryl/α,β-unsaturated/α-hetero) is 1. The van der Waals surface area contributed by atoms with Gasteiger partial charge in [-0.2, -0.15) is 0 Å². The second kappa shape index (κ2) is 5.60. The Bertz CT molecular complexity index is 570. The summed E-state index contributed by atoms with van der Waals surface area (Å²) < 4.78 is 0. The summed E-state index contributed by atoms with van der Waals surface area (Å²) in [6.45, 7) is 1.60. The zero-order chi connectivity index (χ0) is 15.0. The molecule has 1 amide bonds. The van der Waals surface area contributed by atoms with Gasteiger partial charge in [0, 0.05) is 6.42 Å². The van der Waals surface area contributed by atoms with Crippen molar-refractivity contribution in [2.24, 2.45) is 0 Å². The minimum absolute atomic E-state index is 0.0506. The Morgan fingerprint density at radius 2 is 2.05 bits per heavy atom. The van der Waals surface area contributed by atoms with E-state index in [0.29, 0.717) is 6.42 Å². The molecule has 1 aromatic carbocycles. The smallest absolute Gasteiger partial charge is 0.240 e. The van der Waals surface area contributed by atoms with Crippen molar-refractivity contribution in [2.75, 3.05) is 7.05 Å². The predicted molar refractivity (Wildman–Crippen MR) is 80.9 cm³/mol. The van der Waals surface area contributed by atoms with Crippen LogP contribution in [0.2, 0.25) is 0 Å². The average Bonchev–Trinajstić information content (AvgIpc) is 2.66. The number of benzene rings is 1. The first-order valence-corrected chi connectivity index (χ1v) is 7.71. The number of fused-ring (bicyclic) bond motifs is 3. The number of ketones is 1. The summed E-state index contributed by atoms with van der Waals surface area (Å²) in [4.78, 5) is 26.8. The second-order valence-corrected chi connectivity index (χ2v) is 6.06. The second-order valence-electron chi connectivity index (χ2n) is 6.06. The molecule has 2 heterocycles. The van der Waals surface area contributed by atoms with E-state index in [1.165, 1.54) is 11.1 Å². The van der Waals surface area contributed by atoms with E-state index in [2.05, 4.69) is 17.4 Å². The van der Waals surface area contributed by atoms with Gasteiger partial charge in [-0.05, 0) is 44.4 Å². The first-order valence-electron chi connectivity index (χ1n) is 7.71. The van der Waals surface area contributed by atoms with E-state index in [9.17, 15) is 9.59 Å². The first kappa shape index (κ1) is 14.3. The highest BCUT2D eigenvalue weighted by Crippen LogP contribution is 2.39. The third kappa shape index (κ3) is 2.38. The van der Waals surface area contributed by atoms with Crippen molar-refractivity contribution in [1.82, 2.24) is 10.2 Å². The molecular weight excluding hydrogens is 264 g/mol. The molecule has 0 saturated carbocycles. The summed E-state index contributed by atoms with van der Waals surface area (Å²) in [6.07, 6.45) is 3.42. The zero-order valence-electron chi connectivity index (χ0n) is 12.6. The molecule has 3 rings (SSSR count). The fourth-order valence-electron chi connectivity index (χ4n) is 3.75. The van der Waals surface area contributed by atoms with Crippen LogP contribution in [0, 0.1) is 0 Å². The normalized spacial score (nSPS) is 28.6. The van der Waals surface area contributed by atoms with Crippen molar-refractivity contribution >= 4 is 11.7 Å². The number of nitrogens with one attached hydrogen (secondary N) is 1. The third-order valence-electron chi connectivity index (χ3n) is 4.84. The zero-order valence-corrected chi connectivity index (χ0v) is 12.6. The van der Waals surface area contributed by atoms with Gasteiger partial charge in [0.25, 0.3) is 0 Å². The molecule has 2 aliphatic heterocycles. The lowest BCUT2D eigenvalue weighted by Gasteiger charge is -2.42. The standard InChI is InChI=1S/C17H22N2O2/c1-11(20)16-10-12-6-3-4-7-13(12)15-9-5-8-14(18-2)17(21)19(15)16/h3-4,6-7,14-16,18H,5,8-10H2,1-2H3/t14-,15?,16-/m0/s1. The average molecular weight is 286 g/mol. The molecule has 3 atom stereocenters. The fraction of sp³-hybridized carbons (Fsp3) is 0.529. The molecule has 1 saturated heterocycles. The lowest BCUT2D eigenvalue weighted by molar-refractivity contribution is -0.143. The minimum atomic E-state index is -0.314. The van der Waals surface area contributed by atoms with Crippen molar-refractivity contribution in [3.8, 4) is 0 Å². The van der Waals surface area contributed by atoms with Gasteiger partial charge >= 0.3 is 0 Å². The van der Waals surface area contributed by atoms with E-state index < -0.39 is 0 Å². The van der Waals surface area contributed by atoms with E-state index in [4.69, 9.17) is 0 Å². The monoisotopic (exact) mass is 286 g/mol. The van der Waals surface area contributed by atoms with Crippen molar-refractivity contribution < 1.29 is 9.59 Å². The highest BCUT2D eigenvalue weighted by atomic mass is 16.2. The van der Waals surface area contributed by atoms with Gasteiger partial charge in [-0.1, -0.05) is 24.3 Å². The van der Waals surface area contributed by atoms with E-state index in [1.54, 1.807) is 6.92 Å². The Balaban J connectivity index is 2.07.